The molecule has 2 saturated carbocycles. The molecule has 4 aliphatic rings. The van der Waals surface area contributed by atoms with E-state index in [9.17, 15) is 43.5 Å². The lowest BCUT2D eigenvalue weighted by molar-refractivity contribution is -0.385. The summed E-state index contributed by atoms with van der Waals surface area (Å²) in [5.41, 5.74) is -10.7. The maximum absolute atomic E-state index is 14.8. The average Bonchev–Trinajstić information content (AvgIpc) is 3.51. The van der Waals surface area contributed by atoms with E-state index in [-0.39, 0.29) is 22.4 Å². The predicted octanol–water partition coefficient (Wildman–Crippen LogP) is 3.62. The number of carbonyl (C=O) groups is 8. The summed E-state index contributed by atoms with van der Waals surface area (Å²) in [7, 11) is 0. The summed E-state index contributed by atoms with van der Waals surface area (Å²) in [6, 6.07) is 17.8. The number of hydrogen-bond acceptors (Lipinski definition) is 19. The second-order valence-corrected chi connectivity index (χ2v) is 17.7. The number of benzene rings is 2. The van der Waals surface area contributed by atoms with E-state index in [1.54, 1.807) is 31.2 Å². The highest BCUT2D eigenvalue weighted by atomic mass is 16.7. The second-order valence-electron chi connectivity index (χ2n) is 17.7. The molecular weight excluding hydrogens is 879 g/mol. The quantitative estimate of drug-likeness (QED) is 0.238. The summed E-state index contributed by atoms with van der Waals surface area (Å²) < 4.78 is 56.6. The first-order chi connectivity index (χ1) is 31.6. The second kappa shape index (κ2) is 18.2. The van der Waals surface area contributed by atoms with Gasteiger partial charge >= 0.3 is 47.8 Å². The molecule has 1 spiro atoms. The lowest BCUT2D eigenvalue weighted by Gasteiger charge is -2.67. The molecule has 0 unspecified atom stereocenters. The molecule has 3 heterocycles. The van der Waals surface area contributed by atoms with E-state index in [0.29, 0.717) is 0 Å². The van der Waals surface area contributed by atoms with Crippen molar-refractivity contribution in [1.29, 1.82) is 0 Å². The van der Waals surface area contributed by atoms with Crippen molar-refractivity contribution >= 4 is 47.8 Å². The Morgan fingerprint density at radius 2 is 1.22 bits per heavy atom. The number of ether oxygens (including phenoxy) is 9. The van der Waals surface area contributed by atoms with Gasteiger partial charge in [0, 0.05) is 39.8 Å². The van der Waals surface area contributed by atoms with E-state index in [4.69, 9.17) is 42.6 Å². The molecular formula is C48H51NO18. The molecule has 1 aromatic heterocycles. The Hall–Kier alpha value is -6.73. The Kier molecular flexibility index (Phi) is 13.1. The fourth-order valence-electron chi connectivity index (χ4n) is 10.4. The highest BCUT2D eigenvalue weighted by molar-refractivity contribution is 5.92. The zero-order chi connectivity index (χ0) is 48.8. The molecule has 4 bridgehead atoms. The summed E-state index contributed by atoms with van der Waals surface area (Å²) in [6.45, 7) is 7.66. The molecule has 13 atom stereocenters. The van der Waals surface area contributed by atoms with Crippen LogP contribution >= 0.6 is 0 Å². The molecule has 2 aliphatic heterocycles. The Bertz CT molecular complexity index is 2460. The zero-order valence-corrected chi connectivity index (χ0v) is 38.0. The van der Waals surface area contributed by atoms with Crippen molar-refractivity contribution in [2.45, 2.75) is 115 Å². The van der Waals surface area contributed by atoms with Crippen LogP contribution in [0.3, 0.4) is 0 Å². The van der Waals surface area contributed by atoms with Crippen LogP contribution < -0.4 is 0 Å². The Balaban J connectivity index is 1.65. The van der Waals surface area contributed by atoms with Crippen LogP contribution in [0.2, 0.25) is 0 Å². The van der Waals surface area contributed by atoms with Crippen LogP contribution in [0.15, 0.2) is 79.0 Å². The first kappa shape index (κ1) is 48.2. The number of hydrogen-bond donors (Lipinski definition) is 1. The fraction of sp³-hybridized carbons (Fsp3) is 0.479. The smallest absolute Gasteiger partial charge is 0.340 e. The first-order valence-corrected chi connectivity index (χ1v) is 21.5. The van der Waals surface area contributed by atoms with Gasteiger partial charge in [-0.25, -0.2) is 14.4 Å². The number of cyclic esters (lactones) is 1. The van der Waals surface area contributed by atoms with Crippen molar-refractivity contribution in [1.82, 2.24) is 4.98 Å². The predicted molar refractivity (Wildman–Crippen MR) is 225 cm³/mol. The van der Waals surface area contributed by atoms with E-state index >= 15 is 0 Å². The number of rotatable bonds is 9. The van der Waals surface area contributed by atoms with Crippen LogP contribution in [-0.4, -0.2) is 124 Å². The van der Waals surface area contributed by atoms with Gasteiger partial charge in [-0.1, -0.05) is 50.2 Å². The van der Waals surface area contributed by atoms with Crippen LogP contribution in [0.4, 0.5) is 0 Å². The van der Waals surface area contributed by atoms with Gasteiger partial charge in [-0.2, -0.15) is 0 Å². The Labute approximate surface area is 384 Å². The zero-order valence-electron chi connectivity index (χ0n) is 38.0. The van der Waals surface area contributed by atoms with Gasteiger partial charge in [0.05, 0.1) is 34.2 Å². The van der Waals surface area contributed by atoms with Gasteiger partial charge in [-0.15, -0.1) is 0 Å². The Morgan fingerprint density at radius 3 is 1.78 bits per heavy atom. The summed E-state index contributed by atoms with van der Waals surface area (Å²) in [6.07, 6.45) is -11.1. The summed E-state index contributed by atoms with van der Waals surface area (Å²) in [5, 5.41) is 13.9. The van der Waals surface area contributed by atoms with Gasteiger partial charge in [-0.05, 0) is 50.2 Å². The standard InChI is InChI=1S/C48H51NO18/c1-24-25(2)41(54)65-38-36(62-28(5)52)40(66-43(56)31-18-13-10-14-19-31)47(23-59-26(3)50)39(63-29(6)53)35(61-27(4)51)33-37(64-42(55)30-16-11-9-12-17-30)48(47,46(38,8)58)67-45(33,7)22-60-44(57)32-20-15-21-49-34(24)32/h9-21,24-25,33,35-40,58H,22-23H2,1-8H3/t24-,25+,33-,35+,36-,37+,38-,39+,40-,45-,46-,47+,48-/m0/s1. The third-order valence-corrected chi connectivity index (χ3v) is 13.3. The van der Waals surface area contributed by atoms with E-state index in [0.717, 1.165) is 34.6 Å². The van der Waals surface area contributed by atoms with Gasteiger partial charge in [0.1, 0.15) is 42.0 Å². The molecule has 2 aromatic carbocycles. The fourth-order valence-corrected chi connectivity index (χ4v) is 10.4. The minimum absolute atomic E-state index is 0.0377. The Morgan fingerprint density at radius 1 is 0.687 bits per heavy atom. The molecule has 0 amide bonds. The number of fused-ring (bicyclic) bond motifs is 5. The van der Waals surface area contributed by atoms with Crippen molar-refractivity contribution in [3.63, 3.8) is 0 Å². The lowest BCUT2D eigenvalue weighted by atomic mass is 9.45. The molecule has 19 heteroatoms. The number of aromatic nitrogens is 1. The van der Waals surface area contributed by atoms with Crippen LogP contribution in [0, 0.1) is 17.3 Å². The maximum Gasteiger partial charge on any atom is 0.340 e. The van der Waals surface area contributed by atoms with Crippen molar-refractivity contribution in [2.75, 3.05) is 13.2 Å². The summed E-state index contributed by atoms with van der Waals surface area (Å²) in [4.78, 5) is 116. The number of pyridine rings is 1. The third kappa shape index (κ3) is 8.17. The molecule has 1 N–H and O–H groups in total. The van der Waals surface area contributed by atoms with Crippen molar-refractivity contribution in [3.05, 3.63) is 101 Å². The number of aliphatic hydroxyl groups is 1. The number of carbonyl (C=O) groups excluding carboxylic acids is 8. The van der Waals surface area contributed by atoms with Gasteiger partial charge in [0.15, 0.2) is 30.0 Å². The van der Waals surface area contributed by atoms with Crippen LogP contribution in [0.1, 0.15) is 98.1 Å². The number of nitrogens with zero attached hydrogens (tertiary/aromatic N) is 1. The van der Waals surface area contributed by atoms with Crippen LogP contribution in [-0.2, 0) is 66.6 Å². The molecule has 1 saturated heterocycles. The first-order valence-electron chi connectivity index (χ1n) is 21.5. The maximum atomic E-state index is 14.8. The number of esters is 8. The van der Waals surface area contributed by atoms with Gasteiger partial charge in [-0.3, -0.25) is 29.0 Å². The third-order valence-electron chi connectivity index (χ3n) is 13.3. The van der Waals surface area contributed by atoms with Gasteiger partial charge in [0.2, 0.25) is 0 Å². The average molecular weight is 930 g/mol. The van der Waals surface area contributed by atoms with E-state index in [1.165, 1.54) is 68.6 Å². The topological polar surface area (TPSA) is 253 Å². The van der Waals surface area contributed by atoms with Crippen molar-refractivity contribution in [2.24, 2.45) is 17.3 Å². The van der Waals surface area contributed by atoms with Gasteiger partial charge < -0.3 is 47.7 Å². The molecule has 67 heavy (non-hydrogen) atoms. The molecule has 3 fully saturated rings. The largest absolute Gasteiger partial charge is 0.465 e. The minimum atomic E-state index is -2.91. The molecule has 0 radical (unpaired) electrons. The van der Waals surface area contributed by atoms with E-state index in [1.807, 2.05) is 0 Å². The van der Waals surface area contributed by atoms with E-state index < -0.39 is 138 Å². The molecule has 2 aliphatic carbocycles. The van der Waals surface area contributed by atoms with Gasteiger partial charge in [0.25, 0.3) is 0 Å². The monoisotopic (exact) mass is 929 g/mol. The molecule has 356 valence electrons. The lowest BCUT2D eigenvalue weighted by Crippen LogP contribution is -2.89. The summed E-state index contributed by atoms with van der Waals surface area (Å²) >= 11 is 0. The minimum Gasteiger partial charge on any atom is -0.465 e. The van der Waals surface area contributed by atoms with E-state index in [2.05, 4.69) is 4.98 Å². The van der Waals surface area contributed by atoms with Crippen LogP contribution in [0.5, 0.6) is 0 Å². The SMILES string of the molecule is CC(=O)OC[C@]12[C@H](OC(C)=O)[C@H](OC(C)=O)[C@H]3[C@@H](OC(=O)c4ccccc4)[C@@]14O[C@@]3(C)COC(=O)c1cccnc1[C@@H](C)[C@@H](C)C(=O)O[C@@H]([C@H](OC(C)=O)[C@@H]2OC(=O)c1ccccc1)[C@]4(C)O. The normalized spacial score (nSPS) is 34.1. The molecule has 7 rings (SSSR count). The summed E-state index contributed by atoms with van der Waals surface area (Å²) in [5.74, 6) is -12.1. The van der Waals surface area contributed by atoms with Crippen molar-refractivity contribution in [3.8, 4) is 0 Å². The highest BCUT2D eigenvalue weighted by Gasteiger charge is 2.92. The van der Waals surface area contributed by atoms with Crippen LogP contribution in [0.25, 0.3) is 0 Å². The van der Waals surface area contributed by atoms with Crippen molar-refractivity contribution < 1.29 is 86.1 Å². The molecule has 3 aromatic rings. The highest BCUT2D eigenvalue weighted by Crippen LogP contribution is 2.70. The molecule has 19 nitrogen and oxygen atoms in total.